The number of anilines is 1. The maximum absolute atomic E-state index is 10.8. The highest BCUT2D eigenvalue weighted by Crippen LogP contribution is 2.27. The maximum Gasteiger partial charge on any atom is 0.270 e. The molecule has 0 saturated carbocycles. The largest absolute Gasteiger partial charge is 0.382 e. The van der Waals surface area contributed by atoms with Crippen molar-refractivity contribution >= 4 is 11.4 Å². The molecule has 0 bridgehead atoms. The van der Waals surface area contributed by atoms with E-state index in [2.05, 4.69) is 0 Å². The summed E-state index contributed by atoms with van der Waals surface area (Å²) in [7, 11) is 1.61. The molecule has 1 saturated heterocycles. The van der Waals surface area contributed by atoms with Crippen molar-refractivity contribution in [3.8, 4) is 6.07 Å². The Morgan fingerprint density at radius 1 is 1.57 bits per heavy atom. The van der Waals surface area contributed by atoms with Crippen molar-refractivity contribution in [3.05, 3.63) is 33.9 Å². The number of morpholine rings is 1. The zero-order chi connectivity index (χ0) is 15.4. The molecule has 2 rings (SSSR count). The Labute approximate surface area is 122 Å². The Bertz CT molecular complexity index is 570. The third-order valence-electron chi connectivity index (χ3n) is 3.33. The predicted molar refractivity (Wildman–Crippen MR) is 76.2 cm³/mol. The number of nitro benzene ring substituents is 1. The Morgan fingerprint density at radius 2 is 2.33 bits per heavy atom. The van der Waals surface area contributed by atoms with Gasteiger partial charge in [0, 0.05) is 32.3 Å². The van der Waals surface area contributed by atoms with Crippen LogP contribution in [-0.4, -0.2) is 43.9 Å². The monoisotopic (exact) mass is 291 g/mol. The molecule has 0 aromatic heterocycles. The predicted octanol–water partition coefficient (Wildman–Crippen LogP) is 1.71. The van der Waals surface area contributed by atoms with E-state index in [1.807, 2.05) is 17.9 Å². The van der Waals surface area contributed by atoms with Gasteiger partial charge in [-0.2, -0.15) is 5.26 Å². The maximum atomic E-state index is 10.8. The highest BCUT2D eigenvalue weighted by atomic mass is 16.6. The minimum absolute atomic E-state index is 0.000588. The molecule has 1 aliphatic heterocycles. The van der Waals surface area contributed by atoms with Crippen molar-refractivity contribution in [2.45, 2.75) is 19.1 Å². The van der Waals surface area contributed by atoms with Gasteiger partial charge >= 0.3 is 0 Å². The smallest absolute Gasteiger partial charge is 0.270 e. The van der Waals surface area contributed by atoms with Gasteiger partial charge in [0.2, 0.25) is 0 Å². The molecule has 1 aliphatic rings. The van der Waals surface area contributed by atoms with Gasteiger partial charge in [-0.3, -0.25) is 10.1 Å². The van der Waals surface area contributed by atoms with Gasteiger partial charge in [0.05, 0.1) is 35.0 Å². The van der Waals surface area contributed by atoms with Gasteiger partial charge in [-0.15, -0.1) is 0 Å². The first-order valence-electron chi connectivity index (χ1n) is 6.63. The highest BCUT2D eigenvalue weighted by Gasteiger charge is 2.27. The van der Waals surface area contributed by atoms with E-state index in [1.165, 1.54) is 12.1 Å². The van der Waals surface area contributed by atoms with Gasteiger partial charge in [0.25, 0.3) is 5.69 Å². The van der Waals surface area contributed by atoms with E-state index < -0.39 is 4.92 Å². The number of nitriles is 1. The van der Waals surface area contributed by atoms with Crippen molar-refractivity contribution in [2.24, 2.45) is 0 Å². The quantitative estimate of drug-likeness (QED) is 0.619. The summed E-state index contributed by atoms with van der Waals surface area (Å²) in [6, 6.07) is 6.38. The van der Waals surface area contributed by atoms with Crippen LogP contribution < -0.4 is 4.90 Å². The lowest BCUT2D eigenvalue weighted by atomic mass is 10.1. The van der Waals surface area contributed by atoms with Crippen LogP contribution in [0.5, 0.6) is 0 Å². The summed E-state index contributed by atoms with van der Waals surface area (Å²) in [6.07, 6.45) is -0.0823. The van der Waals surface area contributed by atoms with Gasteiger partial charge in [0.1, 0.15) is 6.07 Å². The number of nitrogens with zero attached hydrogens (tertiary/aromatic N) is 3. The Balaban J connectivity index is 2.28. The Kier molecular flexibility index (Phi) is 4.73. The molecule has 21 heavy (non-hydrogen) atoms. The molecule has 0 amide bonds. The third kappa shape index (κ3) is 3.48. The van der Waals surface area contributed by atoms with Crippen LogP contribution in [0, 0.1) is 21.4 Å². The van der Waals surface area contributed by atoms with Gasteiger partial charge in [-0.25, -0.2) is 0 Å². The number of ether oxygens (including phenoxy) is 2. The number of nitro groups is 1. The Morgan fingerprint density at radius 3 is 2.95 bits per heavy atom. The van der Waals surface area contributed by atoms with E-state index in [0.717, 1.165) is 0 Å². The fraction of sp³-hybridized carbons (Fsp3) is 0.500. The van der Waals surface area contributed by atoms with Crippen molar-refractivity contribution in [2.75, 3.05) is 31.7 Å². The standard InChI is InChI=1S/C14H17N3O4/c1-10-7-16(8-13(21-10)9-20-2)14-4-3-12(17(18)19)5-11(14)6-15/h3-5,10,13H,7-9H2,1-2H3. The number of methoxy groups -OCH3 is 1. The summed E-state index contributed by atoms with van der Waals surface area (Å²) in [5, 5.41) is 20.0. The fourth-order valence-corrected chi connectivity index (χ4v) is 2.52. The minimum Gasteiger partial charge on any atom is -0.382 e. The SMILES string of the molecule is COCC1CN(c2ccc([N+](=O)[O-])cc2C#N)CC(C)O1. The van der Waals surface area contributed by atoms with Crippen molar-refractivity contribution < 1.29 is 14.4 Å². The van der Waals surface area contributed by atoms with Crippen LogP contribution >= 0.6 is 0 Å². The third-order valence-corrected chi connectivity index (χ3v) is 3.33. The van der Waals surface area contributed by atoms with E-state index in [4.69, 9.17) is 9.47 Å². The molecule has 0 spiro atoms. The normalized spacial score (nSPS) is 21.9. The van der Waals surface area contributed by atoms with E-state index in [1.54, 1.807) is 13.2 Å². The molecule has 112 valence electrons. The van der Waals surface area contributed by atoms with E-state index in [0.29, 0.717) is 30.9 Å². The molecular formula is C14H17N3O4. The summed E-state index contributed by atoms with van der Waals surface area (Å²) in [5.74, 6) is 0. The van der Waals surface area contributed by atoms with Gasteiger partial charge in [-0.05, 0) is 13.0 Å². The first-order chi connectivity index (χ1) is 10.0. The van der Waals surface area contributed by atoms with Crippen LogP contribution in [0.1, 0.15) is 12.5 Å². The lowest BCUT2D eigenvalue weighted by Crippen LogP contribution is -2.48. The molecule has 7 heteroatoms. The first-order valence-corrected chi connectivity index (χ1v) is 6.63. The van der Waals surface area contributed by atoms with Crippen LogP contribution in [-0.2, 0) is 9.47 Å². The van der Waals surface area contributed by atoms with Gasteiger partial charge < -0.3 is 14.4 Å². The van der Waals surface area contributed by atoms with Crippen LogP contribution in [0.15, 0.2) is 18.2 Å². The number of hydrogen-bond donors (Lipinski definition) is 0. The molecule has 2 unspecified atom stereocenters. The number of rotatable bonds is 4. The van der Waals surface area contributed by atoms with Crippen LogP contribution in [0.25, 0.3) is 0 Å². The van der Waals surface area contributed by atoms with Crippen LogP contribution in [0.3, 0.4) is 0 Å². The topological polar surface area (TPSA) is 88.6 Å². The molecule has 1 aromatic rings. The summed E-state index contributed by atoms with van der Waals surface area (Å²) in [4.78, 5) is 12.3. The average Bonchev–Trinajstić information content (AvgIpc) is 2.46. The number of non-ortho nitro benzene ring substituents is 1. The zero-order valence-electron chi connectivity index (χ0n) is 12.0. The van der Waals surface area contributed by atoms with Crippen molar-refractivity contribution in [1.29, 1.82) is 5.26 Å². The lowest BCUT2D eigenvalue weighted by molar-refractivity contribution is -0.384. The second-order valence-corrected chi connectivity index (χ2v) is 5.00. The summed E-state index contributed by atoms with van der Waals surface area (Å²) < 4.78 is 10.9. The van der Waals surface area contributed by atoms with Crippen molar-refractivity contribution in [3.63, 3.8) is 0 Å². The minimum atomic E-state index is -0.500. The molecule has 7 nitrogen and oxygen atoms in total. The van der Waals surface area contributed by atoms with E-state index >= 15 is 0 Å². The van der Waals surface area contributed by atoms with Crippen molar-refractivity contribution in [1.82, 2.24) is 0 Å². The summed E-state index contributed by atoms with van der Waals surface area (Å²) in [6.45, 7) is 3.64. The van der Waals surface area contributed by atoms with Gasteiger partial charge in [0.15, 0.2) is 0 Å². The molecule has 0 aliphatic carbocycles. The number of hydrogen-bond acceptors (Lipinski definition) is 6. The van der Waals surface area contributed by atoms with Gasteiger partial charge in [-0.1, -0.05) is 0 Å². The molecule has 1 fully saturated rings. The summed E-state index contributed by atoms with van der Waals surface area (Å²) >= 11 is 0. The average molecular weight is 291 g/mol. The lowest BCUT2D eigenvalue weighted by Gasteiger charge is -2.38. The summed E-state index contributed by atoms with van der Waals surface area (Å²) in [5.41, 5.74) is 0.916. The van der Waals surface area contributed by atoms with Crippen LogP contribution in [0.2, 0.25) is 0 Å². The fourth-order valence-electron chi connectivity index (χ4n) is 2.52. The molecular weight excluding hydrogens is 274 g/mol. The second-order valence-electron chi connectivity index (χ2n) is 5.00. The zero-order valence-corrected chi connectivity index (χ0v) is 12.0. The highest BCUT2D eigenvalue weighted by molar-refractivity contribution is 5.63. The molecule has 0 N–H and O–H groups in total. The molecule has 0 radical (unpaired) electrons. The first kappa shape index (κ1) is 15.2. The molecule has 1 heterocycles. The van der Waals surface area contributed by atoms with E-state index in [9.17, 15) is 15.4 Å². The second kappa shape index (κ2) is 6.52. The Hall–Kier alpha value is -2.17. The molecule has 1 aromatic carbocycles. The number of benzene rings is 1. The molecule has 2 atom stereocenters. The van der Waals surface area contributed by atoms with E-state index in [-0.39, 0.29) is 17.9 Å². The van der Waals surface area contributed by atoms with Crippen LogP contribution in [0.4, 0.5) is 11.4 Å².